The number of alkyl halides is 1. The molecule has 0 atom stereocenters. The van der Waals surface area contributed by atoms with Crippen molar-refractivity contribution < 1.29 is 0 Å². The average Bonchev–Trinajstić information content (AvgIpc) is 1.37. The fraction of sp³-hybridized carbons (Fsp3) is 0.667. The average molecular weight is 110 g/mol. The summed E-state index contributed by atoms with van der Waals surface area (Å²) in [5, 5.41) is 0. The van der Waals surface area contributed by atoms with Crippen LogP contribution in [-0.2, 0) is 0 Å². The molecule has 0 fully saturated rings. The van der Waals surface area contributed by atoms with Crippen molar-refractivity contribution in [2.75, 3.05) is 5.88 Å². The maximum absolute atomic E-state index is 5.12. The molecule has 0 aromatic carbocycles. The predicted octanol–water partition coefficient (Wildman–Crippen LogP) is -0.00221. The van der Waals surface area contributed by atoms with Crippen molar-refractivity contribution in [1.29, 1.82) is 0 Å². The Morgan fingerprint density at radius 1 is 1.60 bits per heavy atom. The van der Waals surface area contributed by atoms with E-state index < -0.39 is 0 Å². The lowest BCUT2D eigenvalue weighted by atomic mass is 10.6. The smallest absolute Gasteiger partial charge is 0.0223 e. The maximum atomic E-state index is 5.12. The molecule has 0 heterocycles. The van der Waals surface area contributed by atoms with Crippen molar-refractivity contribution in [3.05, 3.63) is 6.92 Å². The minimum atomic E-state index is 0. The van der Waals surface area contributed by atoms with Gasteiger partial charge in [-0.25, -0.2) is 0 Å². The topological polar surface area (TPSA) is 0 Å². The van der Waals surface area contributed by atoms with Crippen LogP contribution < -0.4 is 0 Å². The summed E-state index contributed by atoms with van der Waals surface area (Å²) >= 11 is 5.12. The van der Waals surface area contributed by atoms with Crippen LogP contribution in [0, 0.1) is 6.92 Å². The first-order chi connectivity index (χ1) is 1.91. The minimum absolute atomic E-state index is 0. The first-order valence-corrected chi connectivity index (χ1v) is 1.80. The van der Waals surface area contributed by atoms with Gasteiger partial charge in [0.25, 0.3) is 0 Å². The van der Waals surface area contributed by atoms with Crippen molar-refractivity contribution in [3.63, 3.8) is 0 Å². The van der Waals surface area contributed by atoms with E-state index in [9.17, 15) is 0 Å². The Bertz CT molecular complexity index is 8.85. The highest BCUT2D eigenvalue weighted by Gasteiger charge is 1.59. The van der Waals surface area contributed by atoms with Crippen molar-refractivity contribution in [2.45, 2.75) is 6.42 Å². The normalized spacial score (nSPS) is 6.00. The third-order valence-corrected chi connectivity index (χ3v) is 0.401. The molecule has 0 aliphatic heterocycles. The van der Waals surface area contributed by atoms with Gasteiger partial charge in [0.05, 0.1) is 0 Å². The van der Waals surface area contributed by atoms with Crippen molar-refractivity contribution >= 4 is 22.6 Å². The largest absolute Gasteiger partial charge is 0.127 e. The third-order valence-electron chi connectivity index (χ3n) is 0.134. The van der Waals surface area contributed by atoms with Gasteiger partial charge in [-0.05, 0) is 17.4 Å². The molecule has 5 heavy (non-hydrogen) atoms. The highest BCUT2D eigenvalue weighted by Crippen LogP contribution is 1.75. The molecule has 0 N–H and O–H groups in total. The number of halogens is 1. The molecule has 0 spiro atoms. The molecule has 0 nitrogen and oxygen atoms in total. The lowest BCUT2D eigenvalue weighted by Crippen LogP contribution is -1.56. The van der Waals surface area contributed by atoms with E-state index in [-0.39, 0.29) is 11.0 Å². The molecule has 1 radical (unpaired) electrons. The summed E-state index contributed by atoms with van der Waals surface area (Å²) in [5.41, 5.74) is 0. The molecule has 33 valence electrons. The zero-order valence-corrected chi connectivity index (χ0v) is 3.26. The zero-order valence-electron chi connectivity index (χ0n) is 2.50. The summed E-state index contributed by atoms with van der Waals surface area (Å²) in [6, 6.07) is 0. The first kappa shape index (κ1) is 9.10. The van der Waals surface area contributed by atoms with E-state index >= 15 is 0 Å². The summed E-state index contributed by atoms with van der Waals surface area (Å²) < 4.78 is 0. The van der Waals surface area contributed by atoms with Gasteiger partial charge in [0, 0.05) is 5.88 Å². The van der Waals surface area contributed by atoms with E-state index in [0.717, 1.165) is 6.42 Å². The standard InChI is InChI=1S/C3H6Cl.H4Si/c1-2-3-4;/h1-3H2;1H4. The molecule has 0 amide bonds. The summed E-state index contributed by atoms with van der Waals surface area (Å²) in [5.74, 6) is 0.681. The molecule has 0 bridgehead atoms. The van der Waals surface area contributed by atoms with Crippen molar-refractivity contribution in [3.8, 4) is 0 Å². The Kier molecular flexibility index (Phi) is 16.0. The minimum Gasteiger partial charge on any atom is -0.127 e. The third kappa shape index (κ3) is 12.5. The molecule has 0 aliphatic carbocycles. The molecule has 0 saturated carbocycles. The Morgan fingerprint density at radius 2 is 1.80 bits per heavy atom. The highest BCUT2D eigenvalue weighted by molar-refractivity contribution is 6.17. The molecule has 0 aliphatic rings. The maximum Gasteiger partial charge on any atom is 0.0223 e. The van der Waals surface area contributed by atoms with Crippen LogP contribution in [-0.4, -0.2) is 16.8 Å². The molecular formula is C3H10ClSi. The second kappa shape index (κ2) is 8.82. The van der Waals surface area contributed by atoms with Crippen LogP contribution in [0.15, 0.2) is 0 Å². The van der Waals surface area contributed by atoms with Gasteiger partial charge in [-0.3, -0.25) is 0 Å². The zero-order chi connectivity index (χ0) is 3.41. The van der Waals surface area contributed by atoms with Crippen LogP contribution in [0.3, 0.4) is 0 Å². The van der Waals surface area contributed by atoms with Gasteiger partial charge in [-0.1, -0.05) is 6.92 Å². The SMILES string of the molecule is [CH2]CCCl.[SiH4]. The first-order valence-electron chi connectivity index (χ1n) is 1.27. The molecule has 0 rings (SSSR count). The van der Waals surface area contributed by atoms with E-state index in [1.807, 2.05) is 0 Å². The van der Waals surface area contributed by atoms with Gasteiger partial charge in [-0.15, -0.1) is 11.6 Å². The van der Waals surface area contributed by atoms with Crippen LogP contribution >= 0.6 is 11.6 Å². The van der Waals surface area contributed by atoms with E-state index in [1.165, 1.54) is 0 Å². The Balaban J connectivity index is 0. The van der Waals surface area contributed by atoms with E-state index in [1.54, 1.807) is 0 Å². The van der Waals surface area contributed by atoms with E-state index in [2.05, 4.69) is 6.92 Å². The van der Waals surface area contributed by atoms with Gasteiger partial charge in [-0.2, -0.15) is 0 Å². The lowest BCUT2D eigenvalue weighted by Gasteiger charge is -1.65. The highest BCUT2D eigenvalue weighted by atomic mass is 35.5. The van der Waals surface area contributed by atoms with E-state index in [4.69, 9.17) is 11.6 Å². The van der Waals surface area contributed by atoms with Crippen LogP contribution in [0.5, 0.6) is 0 Å². The number of hydrogen-bond donors (Lipinski definition) is 0. The Labute approximate surface area is 42.5 Å². The molecule has 0 saturated heterocycles. The van der Waals surface area contributed by atoms with Gasteiger partial charge in [0.2, 0.25) is 0 Å². The second-order valence-corrected chi connectivity index (χ2v) is 0.921. The second-order valence-electron chi connectivity index (χ2n) is 0.543. The quantitative estimate of drug-likeness (QED) is 0.329. The van der Waals surface area contributed by atoms with Crippen LogP contribution in [0.1, 0.15) is 6.42 Å². The van der Waals surface area contributed by atoms with Gasteiger partial charge >= 0.3 is 0 Å². The predicted molar refractivity (Wildman–Crippen MR) is 32.0 cm³/mol. The number of rotatable bonds is 1. The fourth-order valence-electron chi connectivity index (χ4n) is 0. The van der Waals surface area contributed by atoms with Crippen molar-refractivity contribution in [1.82, 2.24) is 0 Å². The lowest BCUT2D eigenvalue weighted by molar-refractivity contribution is 1.24. The van der Waals surface area contributed by atoms with Gasteiger partial charge in [0.15, 0.2) is 0 Å². The Morgan fingerprint density at radius 3 is 1.80 bits per heavy atom. The summed E-state index contributed by atoms with van der Waals surface area (Å²) in [6.45, 7) is 3.47. The molecule has 0 unspecified atom stereocenters. The van der Waals surface area contributed by atoms with Crippen LogP contribution in [0.25, 0.3) is 0 Å². The molecule has 2 heteroatoms. The Hall–Kier alpha value is 0.507. The van der Waals surface area contributed by atoms with E-state index in [0.29, 0.717) is 5.88 Å². The fourth-order valence-corrected chi connectivity index (χ4v) is 0. The van der Waals surface area contributed by atoms with Crippen LogP contribution in [0.4, 0.5) is 0 Å². The number of hydrogen-bond acceptors (Lipinski definition) is 0. The molecule has 0 aromatic rings. The van der Waals surface area contributed by atoms with Gasteiger partial charge < -0.3 is 0 Å². The molecular weight excluding hydrogens is 99.6 g/mol. The van der Waals surface area contributed by atoms with Crippen molar-refractivity contribution in [2.24, 2.45) is 0 Å². The summed E-state index contributed by atoms with van der Waals surface area (Å²) in [6.07, 6.45) is 0.835. The monoisotopic (exact) mass is 109 g/mol. The summed E-state index contributed by atoms with van der Waals surface area (Å²) in [7, 11) is 0. The van der Waals surface area contributed by atoms with Crippen LogP contribution in [0.2, 0.25) is 0 Å². The van der Waals surface area contributed by atoms with Gasteiger partial charge in [0.1, 0.15) is 0 Å². The summed E-state index contributed by atoms with van der Waals surface area (Å²) in [4.78, 5) is 0. The molecule has 0 aromatic heterocycles.